The lowest BCUT2D eigenvalue weighted by Crippen LogP contribution is -2.90. The van der Waals surface area contributed by atoms with Crippen LogP contribution in [0.2, 0.25) is 0 Å². The summed E-state index contributed by atoms with van der Waals surface area (Å²) in [4.78, 5) is 2.85. The third-order valence-corrected chi connectivity index (χ3v) is 4.71. The van der Waals surface area contributed by atoms with Crippen molar-refractivity contribution < 1.29 is 14.5 Å². The number of amidine groups is 1. The Bertz CT molecular complexity index is 699. The van der Waals surface area contributed by atoms with Crippen LogP contribution in [-0.4, -0.2) is 26.0 Å². The molecule has 1 aromatic carbocycles. The second-order valence-corrected chi connectivity index (χ2v) is 5.25. The van der Waals surface area contributed by atoms with Crippen molar-refractivity contribution in [1.82, 2.24) is 0 Å². The molecule has 2 aliphatic rings. The summed E-state index contributed by atoms with van der Waals surface area (Å²) in [7, 11) is 2.85. The molecule has 1 saturated carbocycles. The van der Waals surface area contributed by atoms with Crippen LogP contribution in [0.15, 0.2) is 30.3 Å². The number of hydrogen-bond acceptors (Lipinski definition) is 5. The van der Waals surface area contributed by atoms with E-state index in [9.17, 15) is 10.5 Å². The van der Waals surface area contributed by atoms with E-state index >= 15 is 0 Å². The van der Waals surface area contributed by atoms with E-state index in [0.29, 0.717) is 0 Å². The molecule has 3 rings (SSSR count). The zero-order valence-corrected chi connectivity index (χ0v) is 11.8. The van der Waals surface area contributed by atoms with Gasteiger partial charge in [0.1, 0.15) is 0 Å². The average Bonchev–Trinajstić information content (AvgIpc) is 3.11. The molecule has 0 saturated heterocycles. The quantitative estimate of drug-likeness (QED) is 0.707. The lowest BCUT2D eigenvalue weighted by atomic mass is 9.93. The Kier molecular flexibility index (Phi) is 2.61. The van der Waals surface area contributed by atoms with Crippen molar-refractivity contribution in [2.24, 2.45) is 16.6 Å². The molecule has 1 aliphatic carbocycles. The molecule has 1 heterocycles. The third kappa shape index (κ3) is 1.16. The molecule has 0 aromatic heterocycles. The van der Waals surface area contributed by atoms with Crippen LogP contribution in [-0.2, 0) is 9.47 Å². The predicted molar refractivity (Wildman–Crippen MR) is 72.2 cm³/mol. The second kappa shape index (κ2) is 4.05. The van der Waals surface area contributed by atoms with Gasteiger partial charge in [0.2, 0.25) is 0 Å². The van der Waals surface area contributed by atoms with Crippen LogP contribution < -0.4 is 10.7 Å². The van der Waals surface area contributed by atoms with E-state index in [2.05, 4.69) is 17.1 Å². The van der Waals surface area contributed by atoms with E-state index in [0.717, 1.165) is 5.56 Å². The lowest BCUT2D eigenvalue weighted by molar-refractivity contribution is -0.687. The van der Waals surface area contributed by atoms with Gasteiger partial charge in [-0.3, -0.25) is 5.73 Å². The number of nitrogens with one attached hydrogen (secondary N) is 1. The van der Waals surface area contributed by atoms with E-state index in [1.165, 1.54) is 14.2 Å². The maximum atomic E-state index is 9.84. The van der Waals surface area contributed by atoms with Gasteiger partial charge >= 0.3 is 5.91 Å². The summed E-state index contributed by atoms with van der Waals surface area (Å²) >= 11 is 0. The van der Waals surface area contributed by atoms with Crippen LogP contribution >= 0.6 is 0 Å². The molecule has 6 heteroatoms. The lowest BCUT2D eigenvalue weighted by Gasteiger charge is -2.26. The van der Waals surface area contributed by atoms with Crippen molar-refractivity contribution in [3.63, 3.8) is 0 Å². The van der Waals surface area contributed by atoms with Crippen molar-refractivity contribution in [1.29, 1.82) is 10.5 Å². The highest BCUT2D eigenvalue weighted by molar-refractivity contribution is 5.95. The molecule has 106 valence electrons. The van der Waals surface area contributed by atoms with Crippen LogP contribution in [0.25, 0.3) is 0 Å². The fraction of sp³-hybridized carbons (Fsp3) is 0.400. The molecule has 1 aromatic rings. The van der Waals surface area contributed by atoms with Crippen LogP contribution in [0.5, 0.6) is 0 Å². The highest BCUT2D eigenvalue weighted by atomic mass is 16.7. The minimum absolute atomic E-state index is 0.212. The van der Waals surface area contributed by atoms with Crippen molar-refractivity contribution in [3.05, 3.63) is 35.9 Å². The van der Waals surface area contributed by atoms with Gasteiger partial charge in [-0.15, -0.1) is 0 Å². The zero-order valence-electron chi connectivity index (χ0n) is 11.8. The van der Waals surface area contributed by atoms with Crippen molar-refractivity contribution in [2.45, 2.75) is 11.8 Å². The van der Waals surface area contributed by atoms with Crippen molar-refractivity contribution in [2.75, 3.05) is 14.2 Å². The Hall–Kier alpha value is -2.41. The summed E-state index contributed by atoms with van der Waals surface area (Å²) in [5, 5.41) is 19.6. The molecular formula is C15H15N4O2+. The zero-order chi connectivity index (χ0) is 15.3. The number of methoxy groups -OCH3 is 2. The van der Waals surface area contributed by atoms with Gasteiger partial charge in [0, 0.05) is 20.1 Å². The van der Waals surface area contributed by atoms with E-state index in [-0.39, 0.29) is 5.84 Å². The number of rotatable bonds is 3. The van der Waals surface area contributed by atoms with E-state index in [4.69, 9.17) is 15.2 Å². The maximum absolute atomic E-state index is 9.84. The highest BCUT2D eigenvalue weighted by Gasteiger charge is 2.96. The smallest absolute Gasteiger partial charge is 0.317 e. The molecule has 1 fully saturated rings. The monoisotopic (exact) mass is 283 g/mol. The Balaban J connectivity index is 2.26. The molecule has 0 radical (unpaired) electrons. The molecule has 0 spiro atoms. The van der Waals surface area contributed by atoms with Gasteiger partial charge in [-0.25, -0.2) is 4.99 Å². The van der Waals surface area contributed by atoms with Gasteiger partial charge in [-0.05, 0) is 5.56 Å². The standard InChI is InChI=1S/C15H14N4O2/c1-20-15(21-2)14(9-17)11(10-6-4-3-5-7-10)13(14,8-16)12(18)19-15/h3-7,11H,1-2H3,(H2,18,19)/p+1/t11-,13+,14+/m0/s1. The number of ether oxygens (including phenoxy) is 2. The Morgan fingerprint density at radius 1 is 1.14 bits per heavy atom. The number of nitrogens with two attached hydrogens (primary N) is 1. The van der Waals surface area contributed by atoms with Gasteiger partial charge in [-0.2, -0.15) is 10.5 Å². The summed E-state index contributed by atoms with van der Waals surface area (Å²) in [6, 6.07) is 13.8. The number of nitrogens with zero attached hydrogens (tertiary/aromatic N) is 2. The summed E-state index contributed by atoms with van der Waals surface area (Å²) in [6.45, 7) is 0. The Morgan fingerprint density at radius 2 is 1.76 bits per heavy atom. The number of benzene rings is 1. The average molecular weight is 283 g/mol. The predicted octanol–water partition coefficient (Wildman–Crippen LogP) is -0.798. The minimum Gasteiger partial charge on any atom is -0.317 e. The first kappa shape index (κ1) is 13.6. The van der Waals surface area contributed by atoms with Crippen molar-refractivity contribution >= 4 is 5.84 Å². The normalized spacial score (nSPS) is 35.2. The number of fused-ring (bicyclic) bond motifs is 1. The van der Waals surface area contributed by atoms with Crippen LogP contribution in [0.3, 0.4) is 0 Å². The molecule has 1 aliphatic heterocycles. The molecule has 0 amide bonds. The van der Waals surface area contributed by atoms with E-state index in [1.54, 1.807) is 0 Å². The first-order valence-corrected chi connectivity index (χ1v) is 6.49. The van der Waals surface area contributed by atoms with Gasteiger partial charge in [0.05, 0.1) is 12.1 Å². The largest absolute Gasteiger partial charge is 0.342 e. The van der Waals surface area contributed by atoms with Gasteiger partial charge in [0.25, 0.3) is 5.84 Å². The van der Waals surface area contributed by atoms with Crippen LogP contribution in [0.4, 0.5) is 0 Å². The topological polar surface area (TPSA) is 106 Å². The van der Waals surface area contributed by atoms with E-state index in [1.807, 2.05) is 30.3 Å². The van der Waals surface area contributed by atoms with Crippen LogP contribution in [0.1, 0.15) is 11.5 Å². The summed E-state index contributed by atoms with van der Waals surface area (Å²) < 4.78 is 10.9. The summed E-state index contributed by atoms with van der Waals surface area (Å²) in [6.07, 6.45) is 0. The minimum atomic E-state index is -1.43. The molecule has 3 N–H and O–H groups in total. The molecule has 0 unspecified atom stereocenters. The molecule has 6 nitrogen and oxygen atoms in total. The molecule has 3 atom stereocenters. The van der Waals surface area contributed by atoms with Gasteiger partial charge < -0.3 is 9.47 Å². The molecular weight excluding hydrogens is 268 g/mol. The molecule has 0 bridgehead atoms. The van der Waals surface area contributed by atoms with Crippen molar-refractivity contribution in [3.8, 4) is 12.1 Å². The van der Waals surface area contributed by atoms with Crippen LogP contribution in [0, 0.1) is 33.5 Å². The summed E-state index contributed by atoms with van der Waals surface area (Å²) in [5.74, 6) is -1.62. The third-order valence-electron chi connectivity index (χ3n) is 4.71. The number of nitriles is 2. The second-order valence-electron chi connectivity index (χ2n) is 5.25. The molecule has 21 heavy (non-hydrogen) atoms. The SMILES string of the molecule is COC1(OC)[NH+]=C(N)[C@@]2(C#N)[C@H](c3ccccc3)[C@@]12C#N. The Labute approximate surface area is 122 Å². The van der Waals surface area contributed by atoms with Gasteiger partial charge in [0.15, 0.2) is 10.8 Å². The van der Waals surface area contributed by atoms with Gasteiger partial charge in [-0.1, -0.05) is 30.3 Å². The first-order valence-electron chi connectivity index (χ1n) is 6.49. The summed E-state index contributed by atoms with van der Waals surface area (Å²) in [5.41, 5.74) is 4.54. The maximum Gasteiger partial charge on any atom is 0.342 e. The first-order chi connectivity index (χ1) is 10.1. The fourth-order valence-corrected chi connectivity index (χ4v) is 3.76. The fourth-order valence-electron chi connectivity index (χ4n) is 3.76. The van der Waals surface area contributed by atoms with E-state index < -0.39 is 22.7 Å². The Morgan fingerprint density at radius 3 is 2.24 bits per heavy atom. The highest BCUT2D eigenvalue weighted by Crippen LogP contribution is 2.78. The number of hydrogen-bond donors (Lipinski definition) is 2.